The Morgan fingerprint density at radius 1 is 1.25 bits per heavy atom. The molecule has 0 amide bonds. The average Bonchev–Trinajstić information content (AvgIpc) is 2.49. The zero-order valence-electron chi connectivity index (χ0n) is 11.0. The van der Waals surface area contributed by atoms with Gasteiger partial charge in [0.25, 0.3) is 0 Å². The van der Waals surface area contributed by atoms with Gasteiger partial charge in [0.2, 0.25) is 0 Å². The van der Waals surface area contributed by atoms with Gasteiger partial charge >= 0.3 is 0 Å². The van der Waals surface area contributed by atoms with Crippen LogP contribution in [0.5, 0.6) is 0 Å². The number of nitrogens with zero attached hydrogens (tertiary/aromatic N) is 3. The molecule has 1 aromatic rings. The molecule has 0 atom stereocenters. The van der Waals surface area contributed by atoms with Crippen LogP contribution in [0.3, 0.4) is 0 Å². The zero-order chi connectivity index (χ0) is 12.4. The van der Waals surface area contributed by atoms with Crippen LogP contribution in [0.15, 0.2) is 6.20 Å². The highest BCUT2D eigenvalue weighted by molar-refractivity contribution is 4.93. The van der Waals surface area contributed by atoms with Gasteiger partial charge in [-0.15, -0.1) is 5.10 Å². The van der Waals surface area contributed by atoms with Crippen LogP contribution in [-0.4, -0.2) is 20.6 Å². The summed E-state index contributed by atoms with van der Waals surface area (Å²) in [4.78, 5) is 5.40. The van der Waals surface area contributed by atoms with Crippen molar-refractivity contribution in [2.45, 2.75) is 59.2 Å². The van der Waals surface area contributed by atoms with Crippen molar-refractivity contribution in [3.63, 3.8) is 0 Å². The number of nitrogens with one attached hydrogen (secondary N) is 1. The maximum absolute atomic E-state index is 5.40. The van der Waals surface area contributed by atoms with E-state index in [9.17, 15) is 0 Å². The number of aromatic nitrogens is 3. The third kappa shape index (κ3) is 4.28. The van der Waals surface area contributed by atoms with Crippen LogP contribution in [0.1, 0.15) is 47.2 Å². The first kappa shape index (κ1) is 13.1. The van der Waals surface area contributed by atoms with Crippen LogP contribution < -0.4 is 5.48 Å². The molecule has 0 aliphatic carbocycles. The van der Waals surface area contributed by atoms with Gasteiger partial charge in [-0.25, -0.2) is 4.68 Å². The molecule has 0 spiro atoms. The Kier molecular flexibility index (Phi) is 3.70. The Bertz CT molecular complexity index is 332. The number of hydroxylamine groups is 1. The lowest BCUT2D eigenvalue weighted by atomic mass is 10.1. The summed E-state index contributed by atoms with van der Waals surface area (Å²) in [7, 11) is 0. The van der Waals surface area contributed by atoms with Gasteiger partial charge in [-0.1, -0.05) is 5.21 Å². The minimum atomic E-state index is -0.194. The van der Waals surface area contributed by atoms with Crippen molar-refractivity contribution in [3.05, 3.63) is 11.9 Å². The molecule has 0 unspecified atom stereocenters. The summed E-state index contributed by atoms with van der Waals surface area (Å²) in [6, 6.07) is 0. The van der Waals surface area contributed by atoms with E-state index in [0.29, 0.717) is 6.54 Å². The Hall–Kier alpha value is -0.940. The molecule has 1 rings (SSSR count). The van der Waals surface area contributed by atoms with E-state index < -0.39 is 0 Å². The second-order valence-electron chi connectivity index (χ2n) is 5.86. The maximum Gasteiger partial charge on any atom is 0.0988 e. The molecule has 92 valence electrons. The van der Waals surface area contributed by atoms with E-state index in [1.807, 2.05) is 31.6 Å². The Morgan fingerprint density at radius 2 is 1.88 bits per heavy atom. The molecule has 16 heavy (non-hydrogen) atoms. The van der Waals surface area contributed by atoms with Crippen molar-refractivity contribution >= 4 is 0 Å². The first-order valence-corrected chi connectivity index (χ1v) is 5.51. The normalized spacial score (nSPS) is 13.1. The minimum absolute atomic E-state index is 0.0316. The van der Waals surface area contributed by atoms with Gasteiger partial charge < -0.3 is 0 Å². The molecule has 0 saturated heterocycles. The smallest absolute Gasteiger partial charge is 0.0988 e. The second kappa shape index (κ2) is 4.51. The SMILES string of the molecule is CC(C)(C)ONCc1cn(C(C)(C)C)nn1. The predicted octanol–water partition coefficient (Wildman–Crippen LogP) is 1.85. The lowest BCUT2D eigenvalue weighted by molar-refractivity contribution is -0.0761. The van der Waals surface area contributed by atoms with Crippen molar-refractivity contribution in [1.82, 2.24) is 20.5 Å². The molecule has 1 heterocycles. The molecule has 0 bridgehead atoms. The Labute approximate surface area is 97.1 Å². The van der Waals surface area contributed by atoms with Crippen molar-refractivity contribution in [1.29, 1.82) is 0 Å². The molecule has 5 heteroatoms. The largest absolute Gasteiger partial charge is 0.296 e. The summed E-state index contributed by atoms with van der Waals surface area (Å²) in [6.07, 6.45) is 1.93. The Morgan fingerprint density at radius 3 is 2.31 bits per heavy atom. The van der Waals surface area contributed by atoms with E-state index in [1.165, 1.54) is 0 Å². The number of hydrogen-bond acceptors (Lipinski definition) is 4. The number of rotatable bonds is 3. The van der Waals surface area contributed by atoms with E-state index in [-0.39, 0.29) is 11.1 Å². The van der Waals surface area contributed by atoms with Crippen LogP contribution in [0, 0.1) is 0 Å². The van der Waals surface area contributed by atoms with Gasteiger partial charge in [0.05, 0.1) is 29.6 Å². The lowest BCUT2D eigenvalue weighted by Crippen LogP contribution is -2.28. The van der Waals surface area contributed by atoms with Crippen molar-refractivity contribution in [2.75, 3.05) is 0 Å². The van der Waals surface area contributed by atoms with Crippen molar-refractivity contribution in [2.24, 2.45) is 0 Å². The van der Waals surface area contributed by atoms with Gasteiger partial charge in [-0.05, 0) is 41.5 Å². The Balaban J connectivity index is 2.48. The van der Waals surface area contributed by atoms with Crippen LogP contribution in [-0.2, 0) is 16.9 Å². The van der Waals surface area contributed by atoms with E-state index in [2.05, 4.69) is 36.6 Å². The standard InChI is InChI=1S/C11H22N4O/c1-10(2,3)15-8-9(13-14-15)7-12-16-11(4,5)6/h8,12H,7H2,1-6H3. The monoisotopic (exact) mass is 226 g/mol. The molecule has 0 saturated carbocycles. The molecule has 0 aliphatic rings. The molecule has 5 nitrogen and oxygen atoms in total. The molecule has 0 aliphatic heterocycles. The summed E-state index contributed by atoms with van der Waals surface area (Å²) in [5, 5.41) is 8.15. The third-order valence-electron chi connectivity index (χ3n) is 1.86. The first-order chi connectivity index (χ1) is 7.18. The van der Waals surface area contributed by atoms with E-state index in [4.69, 9.17) is 4.84 Å². The molecule has 1 aromatic heterocycles. The van der Waals surface area contributed by atoms with Crippen LogP contribution in [0.25, 0.3) is 0 Å². The second-order valence-corrected chi connectivity index (χ2v) is 5.86. The molecular formula is C11H22N4O. The average molecular weight is 226 g/mol. The first-order valence-electron chi connectivity index (χ1n) is 5.51. The highest BCUT2D eigenvalue weighted by Crippen LogP contribution is 2.11. The predicted molar refractivity (Wildman–Crippen MR) is 62.7 cm³/mol. The minimum Gasteiger partial charge on any atom is -0.296 e. The molecule has 1 N–H and O–H groups in total. The molecule has 0 fully saturated rings. The van der Waals surface area contributed by atoms with Gasteiger partial charge in [-0.2, -0.15) is 5.48 Å². The van der Waals surface area contributed by atoms with Gasteiger partial charge in [-0.3, -0.25) is 4.84 Å². The van der Waals surface area contributed by atoms with Crippen LogP contribution in [0.2, 0.25) is 0 Å². The topological polar surface area (TPSA) is 52.0 Å². The summed E-state index contributed by atoms with van der Waals surface area (Å²) < 4.78 is 1.85. The van der Waals surface area contributed by atoms with E-state index in [0.717, 1.165) is 5.69 Å². The zero-order valence-corrected chi connectivity index (χ0v) is 11.0. The van der Waals surface area contributed by atoms with Gasteiger partial charge in [0.1, 0.15) is 0 Å². The summed E-state index contributed by atoms with van der Waals surface area (Å²) in [6.45, 7) is 12.8. The summed E-state index contributed by atoms with van der Waals surface area (Å²) in [5.41, 5.74) is 3.54. The lowest BCUT2D eigenvalue weighted by Gasteiger charge is -2.19. The summed E-state index contributed by atoms with van der Waals surface area (Å²) in [5.74, 6) is 0. The number of hydrogen-bond donors (Lipinski definition) is 1. The van der Waals surface area contributed by atoms with Crippen molar-refractivity contribution < 1.29 is 4.84 Å². The molecule has 0 aromatic carbocycles. The van der Waals surface area contributed by atoms with E-state index >= 15 is 0 Å². The van der Waals surface area contributed by atoms with E-state index in [1.54, 1.807) is 0 Å². The van der Waals surface area contributed by atoms with Crippen molar-refractivity contribution in [3.8, 4) is 0 Å². The molecule has 0 radical (unpaired) electrons. The molecular weight excluding hydrogens is 204 g/mol. The van der Waals surface area contributed by atoms with Crippen LogP contribution in [0.4, 0.5) is 0 Å². The quantitative estimate of drug-likeness (QED) is 0.799. The van der Waals surface area contributed by atoms with Crippen LogP contribution >= 0.6 is 0 Å². The fourth-order valence-corrected chi connectivity index (χ4v) is 1.03. The van der Waals surface area contributed by atoms with Gasteiger partial charge in [0, 0.05) is 0 Å². The maximum atomic E-state index is 5.40. The van der Waals surface area contributed by atoms with Gasteiger partial charge in [0.15, 0.2) is 0 Å². The fraction of sp³-hybridized carbons (Fsp3) is 0.818. The third-order valence-corrected chi connectivity index (χ3v) is 1.86. The highest BCUT2D eigenvalue weighted by atomic mass is 16.7. The summed E-state index contributed by atoms with van der Waals surface area (Å²) >= 11 is 0. The fourth-order valence-electron chi connectivity index (χ4n) is 1.03. The highest BCUT2D eigenvalue weighted by Gasteiger charge is 2.15.